The van der Waals surface area contributed by atoms with Gasteiger partial charge in [-0.2, -0.15) is 0 Å². The van der Waals surface area contributed by atoms with Crippen LogP contribution in [-0.2, 0) is 16.8 Å². The summed E-state index contributed by atoms with van der Waals surface area (Å²) in [6.07, 6.45) is 7.66. The molecule has 0 saturated heterocycles. The first-order valence-electron chi connectivity index (χ1n) is 7.54. The second-order valence-electron chi connectivity index (χ2n) is 5.70. The second-order valence-corrected chi connectivity index (χ2v) is 5.70. The van der Waals surface area contributed by atoms with Crippen LogP contribution in [0.1, 0.15) is 36.8 Å². The Morgan fingerprint density at radius 1 is 1.10 bits per heavy atom. The maximum atomic E-state index is 12.8. The van der Waals surface area contributed by atoms with Gasteiger partial charge in [-0.3, -0.25) is 9.78 Å². The molecule has 2 aromatic rings. The summed E-state index contributed by atoms with van der Waals surface area (Å²) in [6.45, 7) is 0.543. The van der Waals surface area contributed by atoms with Crippen molar-refractivity contribution in [3.05, 3.63) is 66.0 Å². The van der Waals surface area contributed by atoms with Crippen LogP contribution in [0.4, 0.5) is 0 Å². The van der Waals surface area contributed by atoms with Crippen molar-refractivity contribution in [1.29, 1.82) is 0 Å². The van der Waals surface area contributed by atoms with Crippen molar-refractivity contribution in [3.63, 3.8) is 0 Å². The lowest BCUT2D eigenvalue weighted by molar-refractivity contribution is -0.126. The quantitative estimate of drug-likeness (QED) is 0.934. The highest BCUT2D eigenvalue weighted by atomic mass is 16.2. The van der Waals surface area contributed by atoms with Gasteiger partial charge in [0.15, 0.2) is 0 Å². The summed E-state index contributed by atoms with van der Waals surface area (Å²) in [5, 5.41) is 3.10. The Bertz CT molecular complexity index is 589. The average Bonchev–Trinajstić information content (AvgIpc) is 3.05. The lowest BCUT2D eigenvalue weighted by atomic mass is 9.78. The van der Waals surface area contributed by atoms with E-state index in [0.29, 0.717) is 6.54 Å². The monoisotopic (exact) mass is 280 g/mol. The van der Waals surface area contributed by atoms with Gasteiger partial charge in [-0.15, -0.1) is 0 Å². The summed E-state index contributed by atoms with van der Waals surface area (Å²) >= 11 is 0. The molecule has 1 heterocycles. The maximum absolute atomic E-state index is 12.8. The fourth-order valence-corrected chi connectivity index (χ4v) is 3.24. The van der Waals surface area contributed by atoms with Crippen LogP contribution >= 0.6 is 0 Å². The standard InChI is InChI=1S/C18H20N2O/c21-17(20-14-15-7-6-12-19-13-15)18(10-4-5-11-18)16-8-2-1-3-9-16/h1-3,6-9,12-13H,4-5,10-11,14H2,(H,20,21). The summed E-state index contributed by atoms with van der Waals surface area (Å²) in [7, 11) is 0. The number of hydrogen-bond donors (Lipinski definition) is 1. The Hall–Kier alpha value is -2.16. The molecular weight excluding hydrogens is 260 g/mol. The first-order valence-corrected chi connectivity index (χ1v) is 7.54. The molecule has 108 valence electrons. The zero-order chi connectivity index (χ0) is 14.5. The van der Waals surface area contributed by atoms with Gasteiger partial charge >= 0.3 is 0 Å². The predicted molar refractivity (Wildman–Crippen MR) is 82.7 cm³/mol. The highest BCUT2D eigenvalue weighted by Crippen LogP contribution is 2.41. The minimum Gasteiger partial charge on any atom is -0.351 e. The third-order valence-electron chi connectivity index (χ3n) is 4.39. The van der Waals surface area contributed by atoms with E-state index in [1.807, 2.05) is 30.3 Å². The molecule has 1 amide bonds. The third-order valence-corrected chi connectivity index (χ3v) is 4.39. The van der Waals surface area contributed by atoms with Crippen molar-refractivity contribution in [3.8, 4) is 0 Å². The summed E-state index contributed by atoms with van der Waals surface area (Å²) < 4.78 is 0. The van der Waals surface area contributed by atoms with Gasteiger partial charge in [0.25, 0.3) is 0 Å². The molecule has 1 saturated carbocycles. The maximum Gasteiger partial charge on any atom is 0.230 e. The van der Waals surface area contributed by atoms with Gasteiger partial charge < -0.3 is 5.32 Å². The number of aromatic nitrogens is 1. The van der Waals surface area contributed by atoms with E-state index in [-0.39, 0.29) is 11.3 Å². The van der Waals surface area contributed by atoms with Crippen LogP contribution in [0.15, 0.2) is 54.9 Å². The Morgan fingerprint density at radius 3 is 2.52 bits per heavy atom. The molecule has 3 nitrogen and oxygen atoms in total. The first kappa shape index (κ1) is 13.8. The van der Waals surface area contributed by atoms with E-state index in [1.165, 1.54) is 0 Å². The van der Waals surface area contributed by atoms with Crippen molar-refractivity contribution >= 4 is 5.91 Å². The van der Waals surface area contributed by atoms with Gasteiger partial charge in [-0.25, -0.2) is 0 Å². The predicted octanol–water partition coefficient (Wildman–Crippen LogP) is 3.21. The molecule has 21 heavy (non-hydrogen) atoms. The number of carbonyl (C=O) groups excluding carboxylic acids is 1. The van der Waals surface area contributed by atoms with Crippen molar-refractivity contribution in [2.45, 2.75) is 37.6 Å². The Morgan fingerprint density at radius 2 is 1.86 bits per heavy atom. The minimum atomic E-state index is -0.344. The molecule has 3 rings (SSSR count). The molecule has 0 atom stereocenters. The molecule has 0 spiro atoms. The molecule has 1 aromatic heterocycles. The molecule has 0 unspecified atom stereocenters. The van der Waals surface area contributed by atoms with Crippen LogP contribution < -0.4 is 5.32 Å². The van der Waals surface area contributed by atoms with E-state index in [0.717, 1.165) is 36.8 Å². The number of nitrogens with zero attached hydrogens (tertiary/aromatic N) is 1. The summed E-state index contributed by atoms with van der Waals surface area (Å²) in [4.78, 5) is 16.9. The lowest BCUT2D eigenvalue weighted by Crippen LogP contribution is -2.42. The molecule has 1 fully saturated rings. The Labute approximate surface area is 125 Å². The van der Waals surface area contributed by atoms with Crippen molar-refractivity contribution in [2.75, 3.05) is 0 Å². The fraction of sp³-hybridized carbons (Fsp3) is 0.333. The SMILES string of the molecule is O=C(NCc1cccnc1)C1(c2ccccc2)CCCC1. The molecule has 1 aliphatic carbocycles. The highest BCUT2D eigenvalue weighted by molar-refractivity contribution is 5.88. The van der Waals surface area contributed by atoms with Gasteiger partial charge in [0.2, 0.25) is 5.91 Å². The minimum absolute atomic E-state index is 0.148. The Kier molecular flexibility index (Phi) is 4.00. The molecular formula is C18H20N2O. The van der Waals surface area contributed by atoms with Gasteiger partial charge in [-0.1, -0.05) is 49.2 Å². The molecule has 1 aromatic carbocycles. The normalized spacial score (nSPS) is 16.6. The third kappa shape index (κ3) is 2.82. The van der Waals surface area contributed by atoms with Gasteiger partial charge in [0.05, 0.1) is 5.41 Å². The average molecular weight is 280 g/mol. The zero-order valence-electron chi connectivity index (χ0n) is 12.1. The van der Waals surface area contributed by atoms with Crippen LogP contribution in [-0.4, -0.2) is 10.9 Å². The van der Waals surface area contributed by atoms with Crippen LogP contribution in [0.3, 0.4) is 0 Å². The summed E-state index contributed by atoms with van der Waals surface area (Å²) in [5.41, 5.74) is 1.84. The summed E-state index contributed by atoms with van der Waals surface area (Å²) in [5.74, 6) is 0.148. The largest absolute Gasteiger partial charge is 0.351 e. The summed E-state index contributed by atoms with van der Waals surface area (Å²) in [6, 6.07) is 14.1. The molecule has 3 heteroatoms. The number of nitrogens with one attached hydrogen (secondary N) is 1. The number of amides is 1. The topological polar surface area (TPSA) is 42.0 Å². The van der Waals surface area contributed by atoms with Gasteiger partial charge in [0.1, 0.15) is 0 Å². The molecule has 0 aliphatic heterocycles. The highest BCUT2D eigenvalue weighted by Gasteiger charge is 2.42. The van der Waals surface area contributed by atoms with Crippen LogP contribution in [0.2, 0.25) is 0 Å². The number of carbonyl (C=O) groups is 1. The van der Waals surface area contributed by atoms with Crippen molar-refractivity contribution in [1.82, 2.24) is 10.3 Å². The Balaban J connectivity index is 1.77. The van der Waals surface area contributed by atoms with E-state index >= 15 is 0 Å². The van der Waals surface area contributed by atoms with Gasteiger partial charge in [-0.05, 0) is 30.0 Å². The molecule has 1 aliphatic rings. The van der Waals surface area contributed by atoms with E-state index in [2.05, 4.69) is 22.4 Å². The van der Waals surface area contributed by atoms with Crippen LogP contribution in [0.5, 0.6) is 0 Å². The molecule has 0 radical (unpaired) electrons. The first-order chi connectivity index (χ1) is 10.3. The van der Waals surface area contributed by atoms with E-state index in [9.17, 15) is 4.79 Å². The van der Waals surface area contributed by atoms with Crippen LogP contribution in [0, 0.1) is 0 Å². The molecule has 0 bridgehead atoms. The van der Waals surface area contributed by atoms with E-state index < -0.39 is 0 Å². The fourth-order valence-electron chi connectivity index (χ4n) is 3.24. The number of hydrogen-bond acceptors (Lipinski definition) is 2. The second kappa shape index (κ2) is 6.08. The van der Waals surface area contributed by atoms with Gasteiger partial charge in [0, 0.05) is 18.9 Å². The van der Waals surface area contributed by atoms with E-state index in [1.54, 1.807) is 12.4 Å². The van der Waals surface area contributed by atoms with Crippen molar-refractivity contribution in [2.24, 2.45) is 0 Å². The van der Waals surface area contributed by atoms with Crippen LogP contribution in [0.25, 0.3) is 0 Å². The smallest absolute Gasteiger partial charge is 0.230 e. The lowest BCUT2D eigenvalue weighted by Gasteiger charge is -2.28. The zero-order valence-corrected chi connectivity index (χ0v) is 12.1. The number of benzene rings is 1. The molecule has 1 N–H and O–H groups in total. The van der Waals surface area contributed by atoms with E-state index in [4.69, 9.17) is 0 Å². The number of pyridine rings is 1. The number of rotatable bonds is 4. The van der Waals surface area contributed by atoms with Crippen molar-refractivity contribution < 1.29 is 4.79 Å².